The molecular formula is C13H9NO. The van der Waals surface area contributed by atoms with Crippen LogP contribution >= 0.6 is 0 Å². The third-order valence-electron chi connectivity index (χ3n) is 2.95. The Morgan fingerprint density at radius 3 is 3.07 bits per heavy atom. The lowest BCUT2D eigenvalue weighted by atomic mass is 10.0. The van der Waals surface area contributed by atoms with Crippen molar-refractivity contribution >= 4 is 16.5 Å². The molecule has 3 rings (SSSR count). The Kier molecular flexibility index (Phi) is 1.66. The van der Waals surface area contributed by atoms with Gasteiger partial charge >= 0.3 is 0 Å². The van der Waals surface area contributed by atoms with Gasteiger partial charge in [0.25, 0.3) is 0 Å². The maximum absolute atomic E-state index is 8.73. The van der Waals surface area contributed by atoms with Gasteiger partial charge in [0.15, 0.2) is 0 Å². The van der Waals surface area contributed by atoms with Crippen LogP contribution in [0.3, 0.4) is 0 Å². The lowest BCUT2D eigenvalue weighted by Crippen LogP contribution is -1.81. The van der Waals surface area contributed by atoms with Crippen LogP contribution in [0.5, 0.6) is 0 Å². The molecule has 0 bridgehead atoms. The van der Waals surface area contributed by atoms with Crippen molar-refractivity contribution in [3.05, 3.63) is 41.7 Å². The molecule has 0 saturated heterocycles. The van der Waals surface area contributed by atoms with Crippen LogP contribution in [0.1, 0.15) is 17.5 Å². The Balaban J connectivity index is 2.37. The number of nitriles is 1. The first-order valence-electron chi connectivity index (χ1n) is 4.98. The van der Waals surface area contributed by atoms with Crippen molar-refractivity contribution in [1.29, 1.82) is 5.26 Å². The fourth-order valence-corrected chi connectivity index (χ4v) is 2.29. The van der Waals surface area contributed by atoms with Crippen LogP contribution in [-0.2, 0) is 6.42 Å². The fourth-order valence-electron chi connectivity index (χ4n) is 2.29. The second-order valence-corrected chi connectivity index (χ2v) is 3.73. The summed E-state index contributed by atoms with van der Waals surface area (Å²) in [6.07, 6.45) is 5.35. The van der Waals surface area contributed by atoms with Crippen molar-refractivity contribution in [2.24, 2.45) is 0 Å². The average Bonchev–Trinajstić information content (AvgIpc) is 2.83. The number of nitrogens with zero attached hydrogens (tertiary/aromatic N) is 1. The van der Waals surface area contributed by atoms with Gasteiger partial charge in [0.2, 0.25) is 0 Å². The number of fused-ring (bicyclic) bond motifs is 3. The zero-order valence-corrected chi connectivity index (χ0v) is 8.16. The summed E-state index contributed by atoms with van der Waals surface area (Å²) in [4.78, 5) is 0. The highest BCUT2D eigenvalue weighted by atomic mass is 16.3. The minimum Gasteiger partial charge on any atom is -0.464 e. The first-order chi connectivity index (χ1) is 7.40. The van der Waals surface area contributed by atoms with E-state index in [0.29, 0.717) is 0 Å². The van der Waals surface area contributed by atoms with Crippen molar-refractivity contribution < 1.29 is 4.42 Å². The Bertz CT molecular complexity index is 599. The summed E-state index contributed by atoms with van der Waals surface area (Å²) in [5.41, 5.74) is 4.58. The normalized spacial score (nSPS) is 16.9. The Morgan fingerprint density at radius 2 is 2.20 bits per heavy atom. The van der Waals surface area contributed by atoms with Crippen LogP contribution in [0, 0.1) is 11.3 Å². The fraction of sp³-hybridized carbons (Fsp3) is 0.154. The summed E-state index contributed by atoms with van der Waals surface area (Å²) in [7, 11) is 0. The lowest BCUT2D eigenvalue weighted by Gasteiger charge is -2.00. The standard InChI is InChI=1S/C13H9NO/c14-7-5-10-2-1-9-3-4-12-11(13(9)10)6-8-15-12/h3-6,8H,1-2H2/b10-5+. The molecule has 1 aromatic carbocycles. The zero-order valence-electron chi connectivity index (χ0n) is 8.16. The first kappa shape index (κ1) is 8.31. The molecule has 0 aliphatic heterocycles. The largest absolute Gasteiger partial charge is 0.464 e. The predicted octanol–water partition coefficient (Wildman–Crippen LogP) is 3.29. The Hall–Kier alpha value is -2.01. The summed E-state index contributed by atoms with van der Waals surface area (Å²) >= 11 is 0. The molecule has 0 unspecified atom stereocenters. The van der Waals surface area contributed by atoms with Crippen molar-refractivity contribution in [2.75, 3.05) is 0 Å². The summed E-state index contributed by atoms with van der Waals surface area (Å²) in [6.45, 7) is 0. The molecule has 1 aliphatic rings. The second-order valence-electron chi connectivity index (χ2n) is 3.73. The minimum absolute atomic E-state index is 0.902. The topological polar surface area (TPSA) is 36.9 Å². The third kappa shape index (κ3) is 1.10. The highest BCUT2D eigenvalue weighted by molar-refractivity contribution is 5.94. The van der Waals surface area contributed by atoms with Crippen LogP contribution in [0.2, 0.25) is 0 Å². The van der Waals surface area contributed by atoms with Crippen LogP contribution in [-0.4, -0.2) is 0 Å². The molecule has 0 spiro atoms. The van der Waals surface area contributed by atoms with Gasteiger partial charge in [0.1, 0.15) is 5.58 Å². The number of furan rings is 1. The summed E-state index contributed by atoms with van der Waals surface area (Å²) < 4.78 is 5.36. The summed E-state index contributed by atoms with van der Waals surface area (Å²) in [5, 5.41) is 9.86. The average molecular weight is 195 g/mol. The number of benzene rings is 1. The third-order valence-corrected chi connectivity index (χ3v) is 2.95. The molecule has 1 aromatic heterocycles. The monoisotopic (exact) mass is 195 g/mol. The number of hydrogen-bond acceptors (Lipinski definition) is 2. The van der Waals surface area contributed by atoms with E-state index in [2.05, 4.69) is 12.1 Å². The van der Waals surface area contributed by atoms with E-state index in [1.807, 2.05) is 12.1 Å². The summed E-state index contributed by atoms with van der Waals surface area (Å²) in [5.74, 6) is 0. The summed E-state index contributed by atoms with van der Waals surface area (Å²) in [6, 6.07) is 8.19. The lowest BCUT2D eigenvalue weighted by molar-refractivity contribution is 0.616. The Morgan fingerprint density at radius 1 is 1.27 bits per heavy atom. The van der Waals surface area contributed by atoms with Gasteiger partial charge in [-0.15, -0.1) is 0 Å². The van der Waals surface area contributed by atoms with Gasteiger partial charge in [0.05, 0.1) is 12.3 Å². The smallest absolute Gasteiger partial charge is 0.134 e. The molecule has 0 fully saturated rings. The van der Waals surface area contributed by atoms with Gasteiger partial charge < -0.3 is 4.42 Å². The van der Waals surface area contributed by atoms with Crippen LogP contribution in [0.15, 0.2) is 35.0 Å². The molecule has 0 radical (unpaired) electrons. The molecule has 0 amide bonds. The molecule has 1 heterocycles. The van der Waals surface area contributed by atoms with E-state index in [4.69, 9.17) is 9.68 Å². The molecular weight excluding hydrogens is 186 g/mol. The maximum Gasteiger partial charge on any atom is 0.134 e. The molecule has 2 aromatic rings. The Labute approximate surface area is 87.4 Å². The number of allylic oxidation sites excluding steroid dienone is 2. The maximum atomic E-state index is 8.73. The molecule has 2 heteroatoms. The van der Waals surface area contributed by atoms with Crippen molar-refractivity contribution in [1.82, 2.24) is 0 Å². The molecule has 0 N–H and O–H groups in total. The molecule has 0 saturated carbocycles. The number of aryl methyl sites for hydroxylation is 1. The highest BCUT2D eigenvalue weighted by Crippen LogP contribution is 2.37. The van der Waals surface area contributed by atoms with Gasteiger partial charge in [-0.1, -0.05) is 6.07 Å². The zero-order chi connectivity index (χ0) is 10.3. The van der Waals surface area contributed by atoms with Crippen LogP contribution < -0.4 is 0 Å². The van der Waals surface area contributed by atoms with Gasteiger partial charge in [-0.2, -0.15) is 5.26 Å². The molecule has 1 aliphatic carbocycles. The van der Waals surface area contributed by atoms with Crippen LogP contribution in [0.25, 0.3) is 16.5 Å². The van der Waals surface area contributed by atoms with E-state index in [9.17, 15) is 0 Å². The number of hydrogen-bond donors (Lipinski definition) is 0. The van der Waals surface area contributed by atoms with E-state index in [0.717, 1.165) is 29.4 Å². The van der Waals surface area contributed by atoms with Gasteiger partial charge in [0, 0.05) is 11.5 Å². The van der Waals surface area contributed by atoms with E-state index in [-0.39, 0.29) is 0 Å². The first-order valence-corrected chi connectivity index (χ1v) is 4.98. The van der Waals surface area contributed by atoms with E-state index >= 15 is 0 Å². The van der Waals surface area contributed by atoms with Gasteiger partial charge in [-0.05, 0) is 41.7 Å². The van der Waals surface area contributed by atoms with Crippen molar-refractivity contribution in [2.45, 2.75) is 12.8 Å². The van der Waals surface area contributed by atoms with Crippen LogP contribution in [0.4, 0.5) is 0 Å². The quantitative estimate of drug-likeness (QED) is 0.605. The van der Waals surface area contributed by atoms with Crippen molar-refractivity contribution in [3.63, 3.8) is 0 Å². The SMILES string of the molecule is N#C/C=C1\CCc2ccc3occc3c21. The van der Waals surface area contributed by atoms with E-state index in [1.54, 1.807) is 12.3 Å². The minimum atomic E-state index is 0.902. The number of rotatable bonds is 0. The molecule has 72 valence electrons. The van der Waals surface area contributed by atoms with Crippen molar-refractivity contribution in [3.8, 4) is 6.07 Å². The molecule has 2 nitrogen and oxygen atoms in total. The van der Waals surface area contributed by atoms with E-state index in [1.165, 1.54) is 11.1 Å². The van der Waals surface area contributed by atoms with E-state index < -0.39 is 0 Å². The molecule has 15 heavy (non-hydrogen) atoms. The second kappa shape index (κ2) is 2.99. The van der Waals surface area contributed by atoms with Gasteiger partial charge in [-0.25, -0.2) is 0 Å². The highest BCUT2D eigenvalue weighted by Gasteiger charge is 2.19. The van der Waals surface area contributed by atoms with Gasteiger partial charge in [-0.3, -0.25) is 0 Å². The molecule has 0 atom stereocenters. The predicted molar refractivity (Wildman–Crippen MR) is 58.1 cm³/mol.